The monoisotopic (exact) mass is 436 g/mol. The summed E-state index contributed by atoms with van der Waals surface area (Å²) in [5.74, 6) is 3.88. The second kappa shape index (κ2) is 7.98. The molecule has 0 N–H and O–H groups in total. The average Bonchev–Trinajstić information content (AvgIpc) is 3.23. The molecule has 31 heavy (non-hydrogen) atoms. The van der Waals surface area contributed by atoms with E-state index in [1.54, 1.807) is 26.0 Å². The van der Waals surface area contributed by atoms with E-state index in [4.69, 9.17) is 23.9 Å². The van der Waals surface area contributed by atoms with Gasteiger partial charge < -0.3 is 23.8 Å². The standard InChI is InChI=1S/C24H24N2O4S/c1-26(2)7-8-31-24-18-12-20(28-4)19(27-3)11-17(18)15-6-5-14-9-21-22(30-13-29-21)10-16(14)23(15)25-24/h5-6,9-12H,7-8,13H2,1-4H3. The number of methoxy groups -OCH3 is 2. The van der Waals surface area contributed by atoms with Crippen LogP contribution in [-0.4, -0.2) is 57.3 Å². The molecular weight excluding hydrogens is 412 g/mol. The quantitative estimate of drug-likeness (QED) is 0.313. The van der Waals surface area contributed by atoms with Crippen LogP contribution < -0.4 is 18.9 Å². The van der Waals surface area contributed by atoms with Gasteiger partial charge in [0.05, 0.1) is 19.7 Å². The summed E-state index contributed by atoms with van der Waals surface area (Å²) in [7, 11) is 7.48. The van der Waals surface area contributed by atoms with Gasteiger partial charge in [-0.05, 0) is 49.1 Å². The Balaban J connectivity index is 1.80. The Hall–Kier alpha value is -2.90. The zero-order chi connectivity index (χ0) is 21.5. The maximum absolute atomic E-state index is 5.63. The van der Waals surface area contributed by atoms with E-state index in [1.807, 2.05) is 24.3 Å². The van der Waals surface area contributed by atoms with E-state index < -0.39 is 0 Å². The zero-order valence-electron chi connectivity index (χ0n) is 18.0. The van der Waals surface area contributed by atoms with Gasteiger partial charge in [0, 0.05) is 28.5 Å². The third kappa shape index (κ3) is 3.47. The molecule has 0 saturated heterocycles. The lowest BCUT2D eigenvalue weighted by Crippen LogP contribution is -2.14. The molecule has 5 rings (SSSR count). The molecular formula is C24H24N2O4S. The Bertz CT molecular complexity index is 1310. The lowest BCUT2D eigenvalue weighted by molar-refractivity contribution is 0.174. The topological polar surface area (TPSA) is 53.1 Å². The Morgan fingerprint density at radius 2 is 1.61 bits per heavy atom. The fourth-order valence-electron chi connectivity index (χ4n) is 3.91. The van der Waals surface area contributed by atoms with Crippen molar-refractivity contribution in [1.29, 1.82) is 0 Å². The van der Waals surface area contributed by atoms with Gasteiger partial charge in [0.2, 0.25) is 6.79 Å². The van der Waals surface area contributed by atoms with Crippen molar-refractivity contribution in [3.63, 3.8) is 0 Å². The molecule has 7 heteroatoms. The van der Waals surface area contributed by atoms with E-state index in [1.165, 1.54) is 0 Å². The van der Waals surface area contributed by atoms with Crippen LogP contribution in [0.1, 0.15) is 0 Å². The number of ether oxygens (including phenoxy) is 4. The van der Waals surface area contributed by atoms with Gasteiger partial charge >= 0.3 is 0 Å². The van der Waals surface area contributed by atoms with Crippen LogP contribution in [0.2, 0.25) is 0 Å². The molecule has 0 aliphatic carbocycles. The minimum atomic E-state index is 0.253. The predicted molar refractivity (Wildman–Crippen MR) is 125 cm³/mol. The summed E-state index contributed by atoms with van der Waals surface area (Å²) < 4.78 is 22.4. The molecule has 2 heterocycles. The molecule has 0 bridgehead atoms. The summed E-state index contributed by atoms with van der Waals surface area (Å²) in [6.45, 7) is 1.22. The molecule has 0 radical (unpaired) electrons. The molecule has 0 atom stereocenters. The van der Waals surface area contributed by atoms with Gasteiger partial charge in [-0.15, -0.1) is 11.8 Å². The molecule has 3 aromatic carbocycles. The Labute approximate surface area is 185 Å². The first kappa shape index (κ1) is 20.0. The highest BCUT2D eigenvalue weighted by Gasteiger charge is 2.19. The first-order chi connectivity index (χ1) is 15.1. The molecule has 1 aliphatic heterocycles. The SMILES string of the molecule is COc1cc2c(SCCN(C)C)nc3c4cc5c(cc4ccc3c2cc1OC)OCO5. The average molecular weight is 437 g/mol. The third-order valence-corrected chi connectivity index (χ3v) is 6.49. The van der Waals surface area contributed by atoms with Crippen molar-refractivity contribution in [1.82, 2.24) is 9.88 Å². The van der Waals surface area contributed by atoms with E-state index in [9.17, 15) is 0 Å². The van der Waals surface area contributed by atoms with Crippen molar-refractivity contribution in [3.8, 4) is 23.0 Å². The number of hydrogen-bond donors (Lipinski definition) is 0. The van der Waals surface area contributed by atoms with Crippen molar-refractivity contribution in [2.45, 2.75) is 5.03 Å². The van der Waals surface area contributed by atoms with Crippen molar-refractivity contribution < 1.29 is 18.9 Å². The van der Waals surface area contributed by atoms with Gasteiger partial charge in [0.15, 0.2) is 23.0 Å². The van der Waals surface area contributed by atoms with Crippen LogP contribution in [-0.2, 0) is 0 Å². The fraction of sp³-hybridized carbons (Fsp3) is 0.292. The number of nitrogens with zero attached hydrogens (tertiary/aromatic N) is 2. The number of benzene rings is 3. The second-order valence-electron chi connectivity index (χ2n) is 7.71. The lowest BCUT2D eigenvalue weighted by Gasteiger charge is -2.15. The van der Waals surface area contributed by atoms with Gasteiger partial charge in [-0.1, -0.05) is 12.1 Å². The molecule has 4 aromatic rings. The van der Waals surface area contributed by atoms with E-state index in [2.05, 4.69) is 31.1 Å². The van der Waals surface area contributed by atoms with Gasteiger partial charge in [-0.25, -0.2) is 4.98 Å². The Morgan fingerprint density at radius 3 is 2.32 bits per heavy atom. The minimum absolute atomic E-state index is 0.253. The van der Waals surface area contributed by atoms with Gasteiger partial charge in [0.25, 0.3) is 0 Å². The molecule has 0 saturated carbocycles. The summed E-state index contributed by atoms with van der Waals surface area (Å²) in [5.41, 5.74) is 0.947. The summed E-state index contributed by atoms with van der Waals surface area (Å²) in [6.07, 6.45) is 0. The van der Waals surface area contributed by atoms with E-state index in [-0.39, 0.29) is 6.79 Å². The molecule has 0 amide bonds. The van der Waals surface area contributed by atoms with Crippen LogP contribution >= 0.6 is 11.8 Å². The van der Waals surface area contributed by atoms with Crippen molar-refractivity contribution >= 4 is 44.2 Å². The zero-order valence-corrected chi connectivity index (χ0v) is 18.8. The van der Waals surface area contributed by atoms with Crippen LogP contribution in [0.25, 0.3) is 32.4 Å². The normalized spacial score (nSPS) is 12.9. The van der Waals surface area contributed by atoms with E-state index in [0.29, 0.717) is 11.5 Å². The van der Waals surface area contributed by atoms with Crippen LogP contribution in [0.3, 0.4) is 0 Å². The third-order valence-electron chi connectivity index (χ3n) is 5.52. The molecule has 0 spiro atoms. The van der Waals surface area contributed by atoms with Crippen molar-refractivity contribution in [3.05, 3.63) is 36.4 Å². The van der Waals surface area contributed by atoms with Crippen LogP contribution in [0, 0.1) is 0 Å². The van der Waals surface area contributed by atoms with Gasteiger partial charge in [0.1, 0.15) is 5.03 Å². The summed E-state index contributed by atoms with van der Waals surface area (Å²) in [6, 6.07) is 12.4. The van der Waals surface area contributed by atoms with Crippen LogP contribution in [0.4, 0.5) is 0 Å². The molecule has 0 fully saturated rings. The molecule has 1 aliphatic rings. The van der Waals surface area contributed by atoms with Crippen molar-refractivity contribution in [2.75, 3.05) is 47.4 Å². The van der Waals surface area contributed by atoms with E-state index >= 15 is 0 Å². The smallest absolute Gasteiger partial charge is 0.231 e. The first-order valence-corrected chi connectivity index (χ1v) is 11.1. The number of pyridine rings is 1. The fourth-order valence-corrected chi connectivity index (χ4v) is 5.04. The van der Waals surface area contributed by atoms with Gasteiger partial charge in [-0.2, -0.15) is 0 Å². The summed E-state index contributed by atoms with van der Waals surface area (Å²) in [4.78, 5) is 7.31. The Kier molecular flexibility index (Phi) is 5.16. The number of hydrogen-bond acceptors (Lipinski definition) is 7. The Morgan fingerprint density at radius 1 is 0.903 bits per heavy atom. The highest BCUT2D eigenvalue weighted by Crippen LogP contribution is 2.43. The summed E-state index contributed by atoms with van der Waals surface area (Å²) in [5, 5.41) is 6.33. The molecule has 0 unspecified atom stereocenters. The highest BCUT2D eigenvalue weighted by molar-refractivity contribution is 7.99. The summed E-state index contributed by atoms with van der Waals surface area (Å²) >= 11 is 1.75. The number of thioether (sulfide) groups is 1. The molecule has 1 aromatic heterocycles. The number of rotatable bonds is 6. The van der Waals surface area contributed by atoms with Crippen LogP contribution in [0.15, 0.2) is 41.4 Å². The number of aromatic nitrogens is 1. The maximum atomic E-state index is 5.63. The number of fused-ring (bicyclic) bond motifs is 6. The largest absolute Gasteiger partial charge is 0.493 e. The first-order valence-electron chi connectivity index (χ1n) is 10.1. The minimum Gasteiger partial charge on any atom is -0.493 e. The maximum Gasteiger partial charge on any atom is 0.231 e. The molecule has 6 nitrogen and oxygen atoms in total. The van der Waals surface area contributed by atoms with Gasteiger partial charge in [-0.3, -0.25) is 0 Å². The second-order valence-corrected chi connectivity index (χ2v) is 8.79. The van der Waals surface area contributed by atoms with E-state index in [0.717, 1.165) is 61.3 Å². The van der Waals surface area contributed by atoms with Crippen molar-refractivity contribution in [2.24, 2.45) is 0 Å². The highest BCUT2D eigenvalue weighted by atomic mass is 32.2. The lowest BCUT2D eigenvalue weighted by atomic mass is 10.0. The molecule has 160 valence electrons. The predicted octanol–water partition coefficient (Wildman–Crippen LogP) is 4.94. The van der Waals surface area contributed by atoms with Crippen LogP contribution in [0.5, 0.6) is 23.0 Å².